The summed E-state index contributed by atoms with van der Waals surface area (Å²) in [5.41, 5.74) is 1.11. The third kappa shape index (κ3) is 4.53. The van der Waals surface area contributed by atoms with Crippen molar-refractivity contribution in [1.82, 2.24) is 14.7 Å². The molecule has 25 heavy (non-hydrogen) atoms. The van der Waals surface area contributed by atoms with Gasteiger partial charge in [0.2, 0.25) is 5.91 Å². The van der Waals surface area contributed by atoms with Crippen LogP contribution >= 0.6 is 0 Å². The topological polar surface area (TPSA) is 56.6 Å². The standard InChI is InChI=1S/C19H25N3O3/c1-15-13-20-22(14-15)12-9-19(23)21-10-7-16(8-11-21)25-18-6-4-3-5-17(18)24-2/h3-6,13-14,16H,7-12H2,1-2H3. The molecule has 1 amide bonds. The van der Waals surface area contributed by atoms with E-state index in [1.807, 2.05) is 53.2 Å². The first-order valence-electron chi connectivity index (χ1n) is 8.72. The summed E-state index contributed by atoms with van der Waals surface area (Å²) in [6, 6.07) is 7.68. The van der Waals surface area contributed by atoms with Gasteiger partial charge in [-0.15, -0.1) is 0 Å². The quantitative estimate of drug-likeness (QED) is 0.809. The van der Waals surface area contributed by atoms with Crippen molar-refractivity contribution in [2.75, 3.05) is 20.2 Å². The summed E-state index contributed by atoms with van der Waals surface area (Å²) < 4.78 is 13.2. The number of carbonyl (C=O) groups is 1. The smallest absolute Gasteiger partial charge is 0.224 e. The summed E-state index contributed by atoms with van der Waals surface area (Å²) in [5.74, 6) is 1.70. The third-order valence-electron chi connectivity index (χ3n) is 4.47. The highest BCUT2D eigenvalue weighted by atomic mass is 16.5. The van der Waals surface area contributed by atoms with E-state index in [-0.39, 0.29) is 12.0 Å². The summed E-state index contributed by atoms with van der Waals surface area (Å²) in [4.78, 5) is 14.3. The van der Waals surface area contributed by atoms with Gasteiger partial charge in [0, 0.05) is 45.1 Å². The van der Waals surface area contributed by atoms with Crippen molar-refractivity contribution in [3.05, 3.63) is 42.2 Å². The molecule has 2 aromatic rings. The van der Waals surface area contributed by atoms with Crippen LogP contribution in [0.2, 0.25) is 0 Å². The van der Waals surface area contributed by atoms with Gasteiger partial charge in [0.05, 0.1) is 13.3 Å². The van der Waals surface area contributed by atoms with Gasteiger partial charge in [0.15, 0.2) is 11.5 Å². The summed E-state index contributed by atoms with van der Waals surface area (Å²) in [6.45, 7) is 4.09. The number of hydrogen-bond donors (Lipinski definition) is 0. The molecular weight excluding hydrogens is 318 g/mol. The van der Waals surface area contributed by atoms with Crippen molar-refractivity contribution >= 4 is 5.91 Å². The zero-order valence-corrected chi connectivity index (χ0v) is 14.9. The SMILES string of the molecule is COc1ccccc1OC1CCN(C(=O)CCn2cc(C)cn2)CC1. The van der Waals surface area contributed by atoms with E-state index in [4.69, 9.17) is 9.47 Å². The van der Waals surface area contributed by atoms with E-state index < -0.39 is 0 Å². The summed E-state index contributed by atoms with van der Waals surface area (Å²) >= 11 is 0. The second-order valence-electron chi connectivity index (χ2n) is 6.38. The molecule has 0 aliphatic carbocycles. The summed E-state index contributed by atoms with van der Waals surface area (Å²) in [7, 11) is 1.64. The van der Waals surface area contributed by atoms with E-state index in [0.717, 1.165) is 43.0 Å². The molecule has 1 fully saturated rings. The van der Waals surface area contributed by atoms with Crippen LogP contribution in [0.5, 0.6) is 11.5 Å². The molecule has 0 N–H and O–H groups in total. The number of carbonyl (C=O) groups excluding carboxylic acids is 1. The molecule has 1 aromatic heterocycles. The lowest BCUT2D eigenvalue weighted by atomic mass is 10.1. The number of rotatable bonds is 6. The van der Waals surface area contributed by atoms with Crippen LogP contribution < -0.4 is 9.47 Å². The lowest BCUT2D eigenvalue weighted by molar-refractivity contribution is -0.133. The molecule has 0 unspecified atom stereocenters. The summed E-state index contributed by atoms with van der Waals surface area (Å²) in [5, 5.41) is 4.22. The largest absolute Gasteiger partial charge is 0.493 e. The van der Waals surface area contributed by atoms with Crippen LogP contribution in [0.15, 0.2) is 36.7 Å². The Morgan fingerprint density at radius 2 is 1.96 bits per heavy atom. The van der Waals surface area contributed by atoms with Gasteiger partial charge >= 0.3 is 0 Å². The molecule has 3 rings (SSSR count). The minimum absolute atomic E-state index is 0.120. The van der Waals surface area contributed by atoms with Gasteiger partial charge < -0.3 is 14.4 Å². The number of hydrogen-bond acceptors (Lipinski definition) is 4. The normalized spacial score (nSPS) is 15.2. The highest BCUT2D eigenvalue weighted by molar-refractivity contribution is 5.76. The van der Waals surface area contributed by atoms with E-state index in [9.17, 15) is 4.79 Å². The molecule has 6 heteroatoms. The van der Waals surface area contributed by atoms with Crippen molar-refractivity contribution in [2.45, 2.75) is 38.8 Å². The predicted octanol–water partition coefficient (Wildman–Crippen LogP) is 2.66. The number of aryl methyl sites for hydroxylation is 2. The number of ether oxygens (including phenoxy) is 2. The van der Waals surface area contributed by atoms with E-state index in [1.54, 1.807) is 7.11 Å². The van der Waals surface area contributed by atoms with Crippen LogP contribution in [0.25, 0.3) is 0 Å². The number of aromatic nitrogens is 2. The number of amides is 1. The van der Waals surface area contributed by atoms with Crippen molar-refractivity contribution in [2.24, 2.45) is 0 Å². The summed E-state index contributed by atoms with van der Waals surface area (Å²) in [6.07, 6.45) is 6.05. The molecule has 0 radical (unpaired) electrons. The molecule has 1 aliphatic heterocycles. The van der Waals surface area contributed by atoms with Crippen LogP contribution in [-0.2, 0) is 11.3 Å². The Bertz CT molecular complexity index is 705. The van der Waals surface area contributed by atoms with Crippen molar-refractivity contribution in [1.29, 1.82) is 0 Å². The van der Waals surface area contributed by atoms with E-state index in [1.165, 1.54) is 0 Å². The third-order valence-corrected chi connectivity index (χ3v) is 4.47. The lowest BCUT2D eigenvalue weighted by Crippen LogP contribution is -2.42. The lowest BCUT2D eigenvalue weighted by Gasteiger charge is -2.32. The van der Waals surface area contributed by atoms with E-state index >= 15 is 0 Å². The van der Waals surface area contributed by atoms with Crippen LogP contribution in [0.4, 0.5) is 0 Å². The first-order valence-corrected chi connectivity index (χ1v) is 8.72. The monoisotopic (exact) mass is 343 g/mol. The average molecular weight is 343 g/mol. The Hall–Kier alpha value is -2.50. The number of benzene rings is 1. The number of piperidine rings is 1. The minimum atomic E-state index is 0.120. The predicted molar refractivity (Wildman–Crippen MR) is 94.8 cm³/mol. The minimum Gasteiger partial charge on any atom is -0.493 e. The molecule has 1 saturated heterocycles. The van der Waals surface area contributed by atoms with Crippen molar-refractivity contribution in [3.63, 3.8) is 0 Å². The number of likely N-dealkylation sites (tertiary alicyclic amines) is 1. The second-order valence-corrected chi connectivity index (χ2v) is 6.38. The molecule has 0 bridgehead atoms. The zero-order valence-electron chi connectivity index (χ0n) is 14.9. The molecule has 0 atom stereocenters. The maximum absolute atomic E-state index is 12.4. The maximum atomic E-state index is 12.4. The Morgan fingerprint density at radius 1 is 1.24 bits per heavy atom. The van der Waals surface area contributed by atoms with Crippen LogP contribution in [0.3, 0.4) is 0 Å². The first kappa shape index (κ1) is 17.3. The van der Waals surface area contributed by atoms with Gasteiger partial charge in [0.1, 0.15) is 6.10 Å². The maximum Gasteiger partial charge on any atom is 0.224 e. The van der Waals surface area contributed by atoms with Crippen LogP contribution in [0.1, 0.15) is 24.8 Å². The van der Waals surface area contributed by atoms with Gasteiger partial charge in [-0.2, -0.15) is 5.10 Å². The molecule has 0 spiro atoms. The van der Waals surface area contributed by atoms with Gasteiger partial charge in [0.25, 0.3) is 0 Å². The Morgan fingerprint density at radius 3 is 2.60 bits per heavy atom. The number of methoxy groups -OCH3 is 1. The van der Waals surface area contributed by atoms with Gasteiger partial charge in [-0.1, -0.05) is 12.1 Å². The Kier molecular flexibility index (Phi) is 5.58. The number of para-hydroxylation sites is 2. The van der Waals surface area contributed by atoms with Gasteiger partial charge in [-0.25, -0.2) is 0 Å². The fourth-order valence-electron chi connectivity index (χ4n) is 3.08. The zero-order chi connectivity index (χ0) is 17.6. The van der Waals surface area contributed by atoms with Gasteiger partial charge in [-0.3, -0.25) is 9.48 Å². The van der Waals surface area contributed by atoms with Gasteiger partial charge in [-0.05, 0) is 24.6 Å². The fourth-order valence-corrected chi connectivity index (χ4v) is 3.08. The Balaban J connectivity index is 1.45. The second kappa shape index (κ2) is 8.05. The highest BCUT2D eigenvalue weighted by Crippen LogP contribution is 2.29. The van der Waals surface area contributed by atoms with Crippen LogP contribution in [0, 0.1) is 6.92 Å². The Labute approximate surface area is 148 Å². The molecule has 0 saturated carbocycles. The first-order chi connectivity index (χ1) is 12.2. The number of nitrogens with zero attached hydrogens (tertiary/aromatic N) is 3. The van der Waals surface area contributed by atoms with E-state index in [2.05, 4.69) is 5.10 Å². The molecule has 134 valence electrons. The fraction of sp³-hybridized carbons (Fsp3) is 0.474. The molecule has 2 heterocycles. The molecule has 6 nitrogen and oxygen atoms in total. The molecule has 1 aliphatic rings. The van der Waals surface area contributed by atoms with Crippen LogP contribution in [-0.4, -0.2) is 46.9 Å². The average Bonchev–Trinajstić information content (AvgIpc) is 3.06. The van der Waals surface area contributed by atoms with Crippen molar-refractivity contribution < 1.29 is 14.3 Å². The van der Waals surface area contributed by atoms with E-state index in [0.29, 0.717) is 13.0 Å². The van der Waals surface area contributed by atoms with Crippen molar-refractivity contribution in [3.8, 4) is 11.5 Å². The molecule has 1 aromatic carbocycles. The molecular formula is C19H25N3O3. The highest BCUT2D eigenvalue weighted by Gasteiger charge is 2.24.